The Balaban J connectivity index is 0.00000176. The first-order chi connectivity index (χ1) is 10.2. The second kappa shape index (κ2) is 7.20. The Labute approximate surface area is 134 Å². The van der Waals surface area contributed by atoms with E-state index in [-0.39, 0.29) is 19.0 Å². The SMILES string of the molecule is Cl.O=C(O)Cn1cnc(-c2ccc(C3=CCNCC3)cc2)n1. The zero-order valence-corrected chi connectivity index (χ0v) is 12.7. The highest BCUT2D eigenvalue weighted by molar-refractivity contribution is 5.85. The summed E-state index contributed by atoms with van der Waals surface area (Å²) in [4.78, 5) is 14.8. The average Bonchev–Trinajstić information content (AvgIpc) is 2.96. The largest absolute Gasteiger partial charge is 0.480 e. The summed E-state index contributed by atoms with van der Waals surface area (Å²) < 4.78 is 1.32. The van der Waals surface area contributed by atoms with E-state index in [4.69, 9.17) is 5.11 Å². The Hall–Kier alpha value is -2.18. The molecule has 0 fully saturated rings. The Bertz CT molecular complexity index is 679. The molecule has 0 radical (unpaired) electrons. The van der Waals surface area contributed by atoms with Gasteiger partial charge in [-0.1, -0.05) is 30.3 Å². The lowest BCUT2D eigenvalue weighted by Gasteiger charge is -2.14. The van der Waals surface area contributed by atoms with Gasteiger partial charge in [0, 0.05) is 12.1 Å². The van der Waals surface area contributed by atoms with Gasteiger partial charge >= 0.3 is 5.97 Å². The van der Waals surface area contributed by atoms with Crippen molar-refractivity contribution < 1.29 is 9.90 Å². The number of carboxylic acid groups (broad SMARTS) is 1. The van der Waals surface area contributed by atoms with Crippen molar-refractivity contribution in [2.75, 3.05) is 13.1 Å². The van der Waals surface area contributed by atoms with E-state index in [2.05, 4.69) is 33.6 Å². The van der Waals surface area contributed by atoms with Crippen molar-refractivity contribution in [2.45, 2.75) is 13.0 Å². The average molecular weight is 321 g/mol. The van der Waals surface area contributed by atoms with Crippen LogP contribution in [0.15, 0.2) is 36.7 Å². The molecular weight excluding hydrogens is 304 g/mol. The summed E-state index contributed by atoms with van der Waals surface area (Å²) in [6.07, 6.45) is 4.68. The molecule has 0 saturated carbocycles. The van der Waals surface area contributed by atoms with Crippen LogP contribution < -0.4 is 5.32 Å². The van der Waals surface area contributed by atoms with Crippen molar-refractivity contribution in [2.24, 2.45) is 0 Å². The molecule has 0 aliphatic carbocycles. The molecule has 0 amide bonds. The first kappa shape index (κ1) is 16.2. The topological polar surface area (TPSA) is 80.0 Å². The van der Waals surface area contributed by atoms with Crippen LogP contribution in [0.5, 0.6) is 0 Å². The zero-order chi connectivity index (χ0) is 14.7. The molecule has 0 bridgehead atoms. The van der Waals surface area contributed by atoms with E-state index in [1.54, 1.807) is 0 Å². The van der Waals surface area contributed by atoms with Gasteiger partial charge in [-0.15, -0.1) is 12.4 Å². The number of aliphatic carboxylic acids is 1. The number of halogens is 1. The molecule has 2 N–H and O–H groups in total. The van der Waals surface area contributed by atoms with Gasteiger partial charge in [-0.25, -0.2) is 9.67 Å². The highest BCUT2D eigenvalue weighted by Gasteiger charge is 2.09. The fraction of sp³-hybridized carbons (Fsp3) is 0.267. The molecule has 1 aromatic heterocycles. The number of nitrogens with one attached hydrogen (secondary N) is 1. The van der Waals surface area contributed by atoms with Gasteiger partial charge in [0.25, 0.3) is 0 Å². The van der Waals surface area contributed by atoms with E-state index in [9.17, 15) is 4.79 Å². The number of hydrogen-bond acceptors (Lipinski definition) is 4. The van der Waals surface area contributed by atoms with Crippen LogP contribution in [0, 0.1) is 0 Å². The molecule has 1 aromatic carbocycles. The van der Waals surface area contributed by atoms with Crippen molar-refractivity contribution in [3.8, 4) is 11.4 Å². The quantitative estimate of drug-likeness (QED) is 0.898. The van der Waals surface area contributed by atoms with Gasteiger partial charge in [-0.05, 0) is 24.1 Å². The van der Waals surface area contributed by atoms with Gasteiger partial charge in [0.15, 0.2) is 5.82 Å². The summed E-state index contributed by atoms with van der Waals surface area (Å²) in [6.45, 7) is 1.75. The molecule has 0 saturated heterocycles. The van der Waals surface area contributed by atoms with E-state index in [0.29, 0.717) is 5.82 Å². The van der Waals surface area contributed by atoms with Crippen LogP contribution in [0.25, 0.3) is 17.0 Å². The zero-order valence-electron chi connectivity index (χ0n) is 11.9. The van der Waals surface area contributed by atoms with Crippen molar-refractivity contribution in [1.29, 1.82) is 0 Å². The third-order valence-electron chi connectivity index (χ3n) is 3.41. The van der Waals surface area contributed by atoms with Crippen LogP contribution in [-0.4, -0.2) is 38.9 Å². The summed E-state index contributed by atoms with van der Waals surface area (Å²) in [5, 5.41) is 16.2. The smallest absolute Gasteiger partial charge is 0.325 e. The van der Waals surface area contributed by atoms with E-state index >= 15 is 0 Å². The van der Waals surface area contributed by atoms with Gasteiger partial charge in [-0.3, -0.25) is 4.79 Å². The normalized spacial score (nSPS) is 14.1. The number of carboxylic acids is 1. The molecule has 2 heterocycles. The maximum atomic E-state index is 10.6. The minimum absolute atomic E-state index is 0. The van der Waals surface area contributed by atoms with Gasteiger partial charge < -0.3 is 10.4 Å². The lowest BCUT2D eigenvalue weighted by Crippen LogP contribution is -2.19. The van der Waals surface area contributed by atoms with Crippen LogP contribution >= 0.6 is 12.4 Å². The molecule has 2 aromatic rings. The second-order valence-electron chi connectivity index (χ2n) is 4.92. The first-order valence-electron chi connectivity index (χ1n) is 6.84. The lowest BCUT2D eigenvalue weighted by atomic mass is 9.99. The maximum Gasteiger partial charge on any atom is 0.325 e. The summed E-state index contributed by atoms with van der Waals surface area (Å²) in [6, 6.07) is 8.06. The first-order valence-corrected chi connectivity index (χ1v) is 6.84. The molecule has 22 heavy (non-hydrogen) atoms. The van der Waals surface area contributed by atoms with E-state index in [0.717, 1.165) is 25.1 Å². The van der Waals surface area contributed by atoms with Gasteiger partial charge in [0.1, 0.15) is 12.9 Å². The lowest BCUT2D eigenvalue weighted by molar-refractivity contribution is -0.137. The molecule has 116 valence electrons. The van der Waals surface area contributed by atoms with E-state index in [1.165, 1.54) is 22.1 Å². The Kier molecular flexibility index (Phi) is 5.30. The van der Waals surface area contributed by atoms with Crippen LogP contribution in [0.3, 0.4) is 0 Å². The van der Waals surface area contributed by atoms with E-state index in [1.807, 2.05) is 12.1 Å². The minimum atomic E-state index is -0.931. The van der Waals surface area contributed by atoms with Gasteiger partial charge in [0.2, 0.25) is 0 Å². The number of rotatable bonds is 4. The Morgan fingerprint density at radius 3 is 2.64 bits per heavy atom. The highest BCUT2D eigenvalue weighted by atomic mass is 35.5. The molecule has 0 unspecified atom stereocenters. The fourth-order valence-corrected chi connectivity index (χ4v) is 2.36. The van der Waals surface area contributed by atoms with Crippen LogP contribution in [0.2, 0.25) is 0 Å². The Morgan fingerprint density at radius 2 is 2.00 bits per heavy atom. The number of carbonyl (C=O) groups is 1. The van der Waals surface area contributed by atoms with E-state index < -0.39 is 5.97 Å². The molecule has 1 aliphatic heterocycles. The predicted molar refractivity (Wildman–Crippen MR) is 85.8 cm³/mol. The number of aromatic nitrogens is 3. The van der Waals surface area contributed by atoms with Crippen LogP contribution in [0.1, 0.15) is 12.0 Å². The minimum Gasteiger partial charge on any atom is -0.480 e. The Morgan fingerprint density at radius 1 is 1.27 bits per heavy atom. The third kappa shape index (κ3) is 3.72. The maximum absolute atomic E-state index is 10.6. The molecule has 7 heteroatoms. The molecule has 0 spiro atoms. The second-order valence-corrected chi connectivity index (χ2v) is 4.92. The fourth-order valence-electron chi connectivity index (χ4n) is 2.36. The standard InChI is InChI=1S/C15H16N4O2.ClH/c20-14(21)9-19-10-17-15(18-19)13-3-1-11(2-4-13)12-5-7-16-8-6-12;/h1-5,10,16H,6-9H2,(H,20,21);1H. The van der Waals surface area contributed by atoms with Crippen molar-refractivity contribution in [3.05, 3.63) is 42.2 Å². The van der Waals surface area contributed by atoms with Crippen molar-refractivity contribution in [1.82, 2.24) is 20.1 Å². The van der Waals surface area contributed by atoms with Crippen molar-refractivity contribution in [3.63, 3.8) is 0 Å². The van der Waals surface area contributed by atoms with Crippen LogP contribution in [0.4, 0.5) is 0 Å². The van der Waals surface area contributed by atoms with Gasteiger partial charge in [0.05, 0.1) is 0 Å². The van der Waals surface area contributed by atoms with Crippen LogP contribution in [-0.2, 0) is 11.3 Å². The summed E-state index contributed by atoms with van der Waals surface area (Å²) in [5.74, 6) is -0.387. The number of hydrogen-bond donors (Lipinski definition) is 2. The monoisotopic (exact) mass is 320 g/mol. The molecular formula is C15H17ClN4O2. The summed E-state index contributed by atoms with van der Waals surface area (Å²) >= 11 is 0. The number of benzene rings is 1. The summed E-state index contributed by atoms with van der Waals surface area (Å²) in [5.41, 5.74) is 3.45. The van der Waals surface area contributed by atoms with Gasteiger partial charge in [-0.2, -0.15) is 5.10 Å². The molecule has 1 aliphatic rings. The third-order valence-corrected chi connectivity index (χ3v) is 3.41. The summed E-state index contributed by atoms with van der Waals surface area (Å²) in [7, 11) is 0. The van der Waals surface area contributed by atoms with Crippen molar-refractivity contribution >= 4 is 23.9 Å². The molecule has 3 rings (SSSR count). The predicted octanol–water partition coefficient (Wildman–Crippen LogP) is 1.83. The highest BCUT2D eigenvalue weighted by Crippen LogP contribution is 2.22. The molecule has 0 atom stereocenters. The molecule has 6 nitrogen and oxygen atoms in total. The number of nitrogens with zero attached hydrogens (tertiary/aromatic N) is 3.